The summed E-state index contributed by atoms with van der Waals surface area (Å²) in [6.07, 6.45) is 8.10. The Labute approximate surface area is 170 Å². The number of likely N-dealkylation sites (N-methyl/N-ethyl adjacent to an activating group) is 1. The second kappa shape index (κ2) is 10.1. The first-order valence-corrected chi connectivity index (χ1v) is 9.94. The van der Waals surface area contributed by atoms with Gasteiger partial charge in [-0.15, -0.1) is 0 Å². The Kier molecular flexibility index (Phi) is 7.87. The second-order valence-corrected chi connectivity index (χ2v) is 7.61. The largest absolute Gasteiger partial charge is 0.338 e. The van der Waals surface area contributed by atoms with Gasteiger partial charge in [-0.25, -0.2) is 4.79 Å². The number of amides is 3. The van der Waals surface area contributed by atoms with E-state index >= 15 is 0 Å². The number of carbonyl (C=O) groups excluding carboxylic acids is 5. The molecule has 3 atom stereocenters. The maximum atomic E-state index is 12.7. The fraction of sp³-hybridized carbons (Fsp3) is 0.571. The molecule has 158 valence electrons. The molecule has 2 aliphatic rings. The lowest BCUT2D eigenvalue weighted by Gasteiger charge is -2.30. The molecular weight excluding hydrogens is 376 g/mol. The fourth-order valence-corrected chi connectivity index (χ4v) is 3.55. The minimum absolute atomic E-state index is 0.0491. The highest BCUT2D eigenvalue weighted by atomic mass is 16.7. The van der Waals surface area contributed by atoms with Gasteiger partial charge in [0.1, 0.15) is 0 Å². The number of Topliss-reactive ketones (excluding diaryl/α,β-unsaturated/α-hetero) is 1. The number of rotatable bonds is 9. The van der Waals surface area contributed by atoms with Crippen LogP contribution in [0.4, 0.5) is 0 Å². The van der Waals surface area contributed by atoms with Gasteiger partial charge in [-0.2, -0.15) is 0 Å². The van der Waals surface area contributed by atoms with Crippen molar-refractivity contribution < 1.29 is 28.8 Å². The smallest absolute Gasteiger partial charge is 0.333 e. The van der Waals surface area contributed by atoms with Crippen LogP contribution in [0.25, 0.3) is 0 Å². The van der Waals surface area contributed by atoms with Crippen molar-refractivity contribution in [2.45, 2.75) is 46.0 Å². The molecule has 0 spiro atoms. The third kappa shape index (κ3) is 6.10. The van der Waals surface area contributed by atoms with Crippen molar-refractivity contribution >= 4 is 29.5 Å². The van der Waals surface area contributed by atoms with Crippen molar-refractivity contribution in [1.82, 2.24) is 9.96 Å². The van der Waals surface area contributed by atoms with Gasteiger partial charge >= 0.3 is 5.97 Å². The topological polar surface area (TPSA) is 101 Å². The zero-order chi connectivity index (χ0) is 21.6. The molecule has 0 fully saturated rings. The standard InChI is InChI=1S/C21H28N2O6/c1-4-15-9-8-14(2)12-16(15)17(24)13-22(3)18(25)6-5-7-21(28)29-23-19(26)10-11-20(23)27/h8-11,14-16H,4-7,12-13H2,1-3H3. The van der Waals surface area contributed by atoms with Crippen molar-refractivity contribution in [3.05, 3.63) is 24.3 Å². The van der Waals surface area contributed by atoms with Crippen LogP contribution in [0.3, 0.4) is 0 Å². The van der Waals surface area contributed by atoms with Crippen LogP contribution >= 0.6 is 0 Å². The van der Waals surface area contributed by atoms with E-state index in [4.69, 9.17) is 4.84 Å². The van der Waals surface area contributed by atoms with Gasteiger partial charge in [0.05, 0.1) is 6.54 Å². The number of imide groups is 1. The molecule has 8 nitrogen and oxygen atoms in total. The van der Waals surface area contributed by atoms with Crippen LogP contribution in [0, 0.1) is 17.8 Å². The highest BCUT2D eigenvalue weighted by Crippen LogP contribution is 2.31. The molecule has 1 aliphatic heterocycles. The lowest BCUT2D eigenvalue weighted by Crippen LogP contribution is -2.38. The average molecular weight is 404 g/mol. The molecule has 0 aromatic rings. The average Bonchev–Trinajstić information content (AvgIpc) is 2.99. The Morgan fingerprint density at radius 2 is 1.79 bits per heavy atom. The van der Waals surface area contributed by atoms with Gasteiger partial charge in [0.15, 0.2) is 5.78 Å². The molecule has 0 radical (unpaired) electrons. The van der Waals surface area contributed by atoms with Crippen molar-refractivity contribution in [2.24, 2.45) is 17.8 Å². The number of hydroxylamine groups is 2. The molecule has 3 unspecified atom stereocenters. The summed E-state index contributed by atoms with van der Waals surface area (Å²) in [4.78, 5) is 65.5. The van der Waals surface area contributed by atoms with Crippen molar-refractivity contribution in [3.8, 4) is 0 Å². The summed E-state index contributed by atoms with van der Waals surface area (Å²) in [6.45, 7) is 4.18. The van der Waals surface area contributed by atoms with Crippen LogP contribution in [0.15, 0.2) is 24.3 Å². The molecule has 0 aromatic carbocycles. The summed E-state index contributed by atoms with van der Waals surface area (Å²) >= 11 is 0. The summed E-state index contributed by atoms with van der Waals surface area (Å²) in [5.41, 5.74) is 0. The summed E-state index contributed by atoms with van der Waals surface area (Å²) in [6, 6.07) is 0. The molecule has 0 bridgehead atoms. The van der Waals surface area contributed by atoms with E-state index < -0.39 is 17.8 Å². The molecular formula is C21H28N2O6. The zero-order valence-electron chi connectivity index (χ0n) is 17.1. The van der Waals surface area contributed by atoms with Crippen LogP contribution < -0.4 is 0 Å². The van der Waals surface area contributed by atoms with Crippen LogP contribution in [0.5, 0.6) is 0 Å². The summed E-state index contributed by atoms with van der Waals surface area (Å²) in [7, 11) is 1.58. The van der Waals surface area contributed by atoms with Gasteiger partial charge in [0.25, 0.3) is 11.8 Å². The SMILES string of the molecule is CCC1C=CC(C)CC1C(=O)CN(C)C(=O)CCCC(=O)ON1C(=O)C=CC1=O. The van der Waals surface area contributed by atoms with E-state index in [0.717, 1.165) is 25.0 Å². The Hall–Kier alpha value is -2.77. The maximum absolute atomic E-state index is 12.7. The first kappa shape index (κ1) is 22.5. The van der Waals surface area contributed by atoms with Crippen LogP contribution in [-0.2, 0) is 28.8 Å². The van der Waals surface area contributed by atoms with E-state index in [1.165, 1.54) is 4.90 Å². The quantitative estimate of drug-likeness (QED) is 0.429. The normalized spacial score (nSPS) is 23.4. The molecule has 8 heteroatoms. The number of hydrogen-bond acceptors (Lipinski definition) is 6. The third-order valence-corrected chi connectivity index (χ3v) is 5.27. The molecule has 1 heterocycles. The van der Waals surface area contributed by atoms with Crippen LogP contribution in [0.1, 0.15) is 46.0 Å². The molecule has 1 aliphatic carbocycles. The van der Waals surface area contributed by atoms with E-state index in [9.17, 15) is 24.0 Å². The maximum Gasteiger partial charge on any atom is 0.333 e. The van der Waals surface area contributed by atoms with Gasteiger partial charge in [-0.1, -0.05) is 31.1 Å². The van der Waals surface area contributed by atoms with Crippen molar-refractivity contribution in [3.63, 3.8) is 0 Å². The van der Waals surface area contributed by atoms with Crippen molar-refractivity contribution in [2.75, 3.05) is 13.6 Å². The predicted octanol–water partition coefficient (Wildman–Crippen LogP) is 1.81. The van der Waals surface area contributed by atoms with Crippen LogP contribution in [0.2, 0.25) is 0 Å². The van der Waals surface area contributed by atoms with Crippen molar-refractivity contribution in [1.29, 1.82) is 0 Å². The van der Waals surface area contributed by atoms with Crippen LogP contribution in [-0.4, -0.2) is 53.0 Å². The number of nitrogens with zero attached hydrogens (tertiary/aromatic N) is 2. The summed E-state index contributed by atoms with van der Waals surface area (Å²) in [5.74, 6) is -1.89. The molecule has 0 saturated carbocycles. The number of ketones is 1. The zero-order valence-corrected chi connectivity index (χ0v) is 17.1. The number of carbonyl (C=O) groups is 5. The lowest BCUT2D eigenvalue weighted by molar-refractivity contribution is -0.196. The minimum Gasteiger partial charge on any atom is -0.338 e. The molecule has 29 heavy (non-hydrogen) atoms. The number of allylic oxidation sites excluding steroid dienone is 2. The highest BCUT2D eigenvalue weighted by Gasteiger charge is 2.31. The third-order valence-electron chi connectivity index (χ3n) is 5.27. The van der Waals surface area contributed by atoms with E-state index in [1.54, 1.807) is 7.05 Å². The summed E-state index contributed by atoms with van der Waals surface area (Å²) in [5, 5.41) is 0.388. The molecule has 0 saturated heterocycles. The summed E-state index contributed by atoms with van der Waals surface area (Å²) < 4.78 is 0. The minimum atomic E-state index is -0.768. The monoisotopic (exact) mass is 404 g/mol. The highest BCUT2D eigenvalue weighted by molar-refractivity contribution is 6.12. The Balaban J connectivity index is 1.74. The van der Waals surface area contributed by atoms with Gasteiger partial charge in [-0.05, 0) is 31.1 Å². The van der Waals surface area contributed by atoms with E-state index in [2.05, 4.69) is 26.0 Å². The Morgan fingerprint density at radius 3 is 2.41 bits per heavy atom. The fourth-order valence-electron chi connectivity index (χ4n) is 3.55. The molecule has 0 aromatic heterocycles. The molecule has 2 rings (SSSR count). The van der Waals surface area contributed by atoms with Gasteiger partial charge < -0.3 is 9.74 Å². The first-order chi connectivity index (χ1) is 13.7. The van der Waals surface area contributed by atoms with E-state index in [1.807, 2.05) is 0 Å². The molecule has 0 N–H and O–H groups in total. The van der Waals surface area contributed by atoms with Gasteiger partial charge in [-0.3, -0.25) is 19.2 Å². The Bertz CT molecular complexity index is 723. The molecule has 3 amide bonds. The second-order valence-electron chi connectivity index (χ2n) is 7.61. The predicted molar refractivity (Wildman–Crippen MR) is 104 cm³/mol. The van der Waals surface area contributed by atoms with E-state index in [-0.39, 0.29) is 49.3 Å². The first-order valence-electron chi connectivity index (χ1n) is 9.94. The van der Waals surface area contributed by atoms with Gasteiger partial charge in [0, 0.05) is 38.0 Å². The Morgan fingerprint density at radius 1 is 1.14 bits per heavy atom. The lowest BCUT2D eigenvalue weighted by atomic mass is 9.76. The number of hydrogen-bond donors (Lipinski definition) is 0. The van der Waals surface area contributed by atoms with E-state index in [0.29, 0.717) is 11.0 Å². The van der Waals surface area contributed by atoms with Gasteiger partial charge in [0.2, 0.25) is 5.91 Å².